The van der Waals surface area contributed by atoms with Gasteiger partial charge in [-0.15, -0.1) is 11.8 Å². The summed E-state index contributed by atoms with van der Waals surface area (Å²) in [4.78, 5) is 1.12. The molecule has 78 valence electrons. The fraction of sp³-hybridized carbons (Fsp3) is 0.455. The zero-order chi connectivity index (χ0) is 10.6. The summed E-state index contributed by atoms with van der Waals surface area (Å²) in [6, 6.07) is 6.02. The molecule has 0 aliphatic carbocycles. The van der Waals surface area contributed by atoms with E-state index in [4.69, 9.17) is 9.84 Å². The lowest BCUT2D eigenvalue weighted by atomic mass is 10.0. The summed E-state index contributed by atoms with van der Waals surface area (Å²) in [6.07, 6.45) is 2.02. The minimum Gasteiger partial charge on any atom is -0.496 e. The average Bonchev–Trinajstić information content (AvgIpc) is 2.26. The van der Waals surface area contributed by atoms with E-state index < -0.39 is 0 Å². The van der Waals surface area contributed by atoms with Gasteiger partial charge in [0.25, 0.3) is 0 Å². The third-order valence-corrected chi connectivity index (χ3v) is 3.01. The van der Waals surface area contributed by atoms with Crippen molar-refractivity contribution in [2.24, 2.45) is 0 Å². The minimum atomic E-state index is 0.181. The molecule has 0 aromatic heterocycles. The van der Waals surface area contributed by atoms with Gasteiger partial charge in [0, 0.05) is 17.4 Å². The molecule has 1 atom stereocenters. The number of ether oxygens (including phenoxy) is 1. The topological polar surface area (TPSA) is 29.5 Å². The van der Waals surface area contributed by atoms with Crippen LogP contribution in [0.2, 0.25) is 0 Å². The maximum Gasteiger partial charge on any atom is 0.132 e. The second kappa shape index (κ2) is 5.27. The van der Waals surface area contributed by atoms with Gasteiger partial charge in [-0.05, 0) is 24.0 Å². The Hall–Kier alpha value is -0.670. The van der Waals surface area contributed by atoms with Crippen LogP contribution in [0.15, 0.2) is 23.1 Å². The number of aliphatic hydroxyl groups is 1. The number of aliphatic hydroxyl groups excluding tert-OH is 1. The number of thioether (sulfide) groups is 1. The first-order valence-electron chi connectivity index (χ1n) is 4.55. The second-order valence-corrected chi connectivity index (χ2v) is 4.05. The van der Waals surface area contributed by atoms with Crippen LogP contribution in [-0.2, 0) is 0 Å². The van der Waals surface area contributed by atoms with Crippen molar-refractivity contribution < 1.29 is 9.84 Å². The van der Waals surface area contributed by atoms with Crippen molar-refractivity contribution in [1.29, 1.82) is 0 Å². The van der Waals surface area contributed by atoms with Gasteiger partial charge >= 0.3 is 0 Å². The summed E-state index contributed by atoms with van der Waals surface area (Å²) in [5, 5.41) is 9.04. The monoisotopic (exact) mass is 212 g/mol. The summed E-state index contributed by atoms with van der Waals surface area (Å²) in [5.74, 6) is 1.08. The van der Waals surface area contributed by atoms with Crippen LogP contribution < -0.4 is 4.74 Å². The molecule has 1 aromatic rings. The Balaban J connectivity index is 3.01. The van der Waals surface area contributed by atoms with E-state index >= 15 is 0 Å². The van der Waals surface area contributed by atoms with Gasteiger partial charge in [-0.1, -0.05) is 13.0 Å². The van der Waals surface area contributed by atoms with Crippen LogP contribution in [0.5, 0.6) is 5.75 Å². The maximum atomic E-state index is 9.04. The molecule has 0 spiro atoms. The van der Waals surface area contributed by atoms with E-state index in [0.29, 0.717) is 0 Å². The van der Waals surface area contributed by atoms with Crippen LogP contribution in [0, 0.1) is 0 Å². The van der Waals surface area contributed by atoms with E-state index in [1.54, 1.807) is 18.9 Å². The van der Waals surface area contributed by atoms with Crippen LogP contribution >= 0.6 is 11.8 Å². The average molecular weight is 212 g/mol. The Morgan fingerprint density at radius 2 is 2.21 bits per heavy atom. The van der Waals surface area contributed by atoms with Crippen molar-refractivity contribution in [2.45, 2.75) is 17.7 Å². The Morgan fingerprint density at radius 3 is 2.71 bits per heavy atom. The van der Waals surface area contributed by atoms with Crippen molar-refractivity contribution in [3.05, 3.63) is 23.8 Å². The first kappa shape index (κ1) is 11.4. The molecule has 3 heteroatoms. The molecule has 14 heavy (non-hydrogen) atoms. The lowest BCUT2D eigenvalue weighted by Crippen LogP contribution is -1.99. The number of methoxy groups -OCH3 is 1. The summed E-state index contributed by atoms with van der Waals surface area (Å²) < 4.78 is 5.22. The van der Waals surface area contributed by atoms with Crippen molar-refractivity contribution in [3.8, 4) is 5.75 Å². The van der Waals surface area contributed by atoms with E-state index in [9.17, 15) is 0 Å². The maximum absolute atomic E-state index is 9.04. The molecule has 1 N–H and O–H groups in total. The predicted molar refractivity (Wildman–Crippen MR) is 60.3 cm³/mol. The molecular formula is C11H16O2S. The molecule has 0 aliphatic heterocycles. The first-order valence-corrected chi connectivity index (χ1v) is 5.78. The van der Waals surface area contributed by atoms with Gasteiger partial charge < -0.3 is 9.84 Å². The number of rotatable bonds is 4. The van der Waals surface area contributed by atoms with Crippen molar-refractivity contribution in [2.75, 3.05) is 20.0 Å². The van der Waals surface area contributed by atoms with Crippen LogP contribution in [0.4, 0.5) is 0 Å². The minimum absolute atomic E-state index is 0.181. The van der Waals surface area contributed by atoms with Crippen LogP contribution in [0.3, 0.4) is 0 Å². The predicted octanol–water partition coefficient (Wildman–Crippen LogP) is 2.51. The Labute approximate surface area is 89.3 Å². The van der Waals surface area contributed by atoms with Gasteiger partial charge in [0.15, 0.2) is 0 Å². The molecule has 1 unspecified atom stereocenters. The molecule has 0 aliphatic rings. The highest BCUT2D eigenvalue weighted by Gasteiger charge is 2.07. The zero-order valence-electron chi connectivity index (χ0n) is 8.78. The highest BCUT2D eigenvalue weighted by Crippen LogP contribution is 2.30. The van der Waals surface area contributed by atoms with Gasteiger partial charge in [0.05, 0.1) is 7.11 Å². The van der Waals surface area contributed by atoms with Gasteiger partial charge in [-0.25, -0.2) is 0 Å². The molecule has 2 nitrogen and oxygen atoms in total. The lowest BCUT2D eigenvalue weighted by Gasteiger charge is -2.12. The summed E-state index contributed by atoms with van der Waals surface area (Å²) in [7, 11) is 1.67. The Morgan fingerprint density at radius 1 is 1.50 bits per heavy atom. The highest BCUT2D eigenvalue weighted by molar-refractivity contribution is 7.98. The second-order valence-electron chi connectivity index (χ2n) is 3.20. The third kappa shape index (κ3) is 2.42. The Bertz CT molecular complexity index is 299. The van der Waals surface area contributed by atoms with Crippen molar-refractivity contribution in [1.82, 2.24) is 0 Å². The van der Waals surface area contributed by atoms with Gasteiger partial charge in [-0.2, -0.15) is 0 Å². The largest absolute Gasteiger partial charge is 0.496 e. The van der Waals surface area contributed by atoms with Crippen LogP contribution in [0.25, 0.3) is 0 Å². The number of hydrogen-bond acceptors (Lipinski definition) is 3. The molecule has 1 aromatic carbocycles. The molecule has 0 bridgehead atoms. The van der Waals surface area contributed by atoms with Crippen LogP contribution in [0.1, 0.15) is 18.4 Å². The molecular weight excluding hydrogens is 196 g/mol. The molecule has 1 rings (SSSR count). The molecule has 0 fully saturated rings. The summed E-state index contributed by atoms with van der Waals surface area (Å²) in [6.45, 7) is 2.19. The molecule has 0 saturated carbocycles. The van der Waals surface area contributed by atoms with Crippen LogP contribution in [-0.4, -0.2) is 25.1 Å². The van der Waals surface area contributed by atoms with Crippen molar-refractivity contribution in [3.63, 3.8) is 0 Å². The Kier molecular flexibility index (Phi) is 4.29. The lowest BCUT2D eigenvalue weighted by molar-refractivity contribution is 0.273. The smallest absolute Gasteiger partial charge is 0.132 e. The molecule has 0 heterocycles. The van der Waals surface area contributed by atoms with Gasteiger partial charge in [0.2, 0.25) is 0 Å². The van der Waals surface area contributed by atoms with E-state index in [1.165, 1.54) is 0 Å². The number of benzene rings is 1. The number of hydrogen-bond donors (Lipinski definition) is 1. The fourth-order valence-electron chi connectivity index (χ4n) is 1.26. The first-order chi connectivity index (χ1) is 6.72. The standard InChI is InChI=1S/C11H16O2S/c1-8(7-12)9-4-5-10(13-2)11(6-9)14-3/h4-6,8,12H,7H2,1-3H3. The van der Waals surface area contributed by atoms with Crippen molar-refractivity contribution >= 4 is 11.8 Å². The van der Waals surface area contributed by atoms with Gasteiger partial charge in [0.1, 0.15) is 5.75 Å². The zero-order valence-corrected chi connectivity index (χ0v) is 9.60. The highest BCUT2D eigenvalue weighted by atomic mass is 32.2. The molecule has 0 amide bonds. The van der Waals surface area contributed by atoms with Gasteiger partial charge in [-0.3, -0.25) is 0 Å². The third-order valence-electron chi connectivity index (χ3n) is 2.25. The fourth-order valence-corrected chi connectivity index (χ4v) is 1.87. The van der Waals surface area contributed by atoms with E-state index in [0.717, 1.165) is 16.2 Å². The normalized spacial score (nSPS) is 12.6. The van der Waals surface area contributed by atoms with E-state index in [2.05, 4.69) is 6.07 Å². The summed E-state index contributed by atoms with van der Waals surface area (Å²) in [5.41, 5.74) is 1.15. The summed E-state index contributed by atoms with van der Waals surface area (Å²) >= 11 is 1.66. The SMILES string of the molecule is COc1ccc(C(C)CO)cc1SC. The quantitative estimate of drug-likeness (QED) is 0.778. The molecule has 0 saturated heterocycles. The van der Waals surface area contributed by atoms with E-state index in [-0.39, 0.29) is 12.5 Å². The van der Waals surface area contributed by atoms with E-state index in [1.807, 2.05) is 25.3 Å². The molecule has 0 radical (unpaired) electrons.